The second-order valence-corrected chi connectivity index (χ2v) is 11.5. The van der Waals surface area contributed by atoms with Crippen LogP contribution in [-0.2, 0) is 14.6 Å². The van der Waals surface area contributed by atoms with E-state index in [1.807, 2.05) is 30.3 Å². The zero-order chi connectivity index (χ0) is 25.1. The number of pyridine rings is 1. The van der Waals surface area contributed by atoms with Crippen LogP contribution in [0.4, 0.5) is 14.9 Å². The molecular weight excluding hydrogens is 457 g/mol. The summed E-state index contributed by atoms with van der Waals surface area (Å²) in [6.07, 6.45) is 0.571. The van der Waals surface area contributed by atoms with Crippen molar-refractivity contribution in [2.45, 2.75) is 39.3 Å². The Morgan fingerprint density at radius 2 is 1.82 bits per heavy atom. The molecular formula is C25H30FN3O4S. The molecule has 2 N–H and O–H groups in total. The van der Waals surface area contributed by atoms with Crippen molar-refractivity contribution in [2.24, 2.45) is 0 Å². The third kappa shape index (κ3) is 6.66. The van der Waals surface area contributed by atoms with Gasteiger partial charge in [-0.2, -0.15) is 0 Å². The van der Waals surface area contributed by atoms with E-state index in [0.717, 1.165) is 11.8 Å². The molecule has 0 fully saturated rings. The number of aromatic nitrogens is 1. The predicted molar refractivity (Wildman–Crippen MR) is 133 cm³/mol. The predicted octanol–water partition coefficient (Wildman–Crippen LogP) is 5.08. The molecule has 9 heteroatoms. The first-order chi connectivity index (χ1) is 15.8. The van der Waals surface area contributed by atoms with Gasteiger partial charge in [-0.25, -0.2) is 22.6 Å². The molecule has 34 heavy (non-hydrogen) atoms. The summed E-state index contributed by atoms with van der Waals surface area (Å²) in [5.74, 6) is -0.534. The summed E-state index contributed by atoms with van der Waals surface area (Å²) in [5.41, 5.74) is 2.37. The summed E-state index contributed by atoms with van der Waals surface area (Å²) < 4.78 is 43.1. The van der Waals surface area contributed by atoms with Crippen LogP contribution in [0.1, 0.15) is 39.4 Å². The van der Waals surface area contributed by atoms with Gasteiger partial charge >= 0.3 is 6.09 Å². The fourth-order valence-corrected chi connectivity index (χ4v) is 4.04. The molecule has 0 aliphatic carbocycles. The van der Waals surface area contributed by atoms with E-state index < -0.39 is 33.4 Å². The molecule has 7 nitrogen and oxygen atoms in total. The molecule has 1 amide bonds. The maximum absolute atomic E-state index is 14.2. The molecule has 0 saturated heterocycles. The van der Waals surface area contributed by atoms with Crippen molar-refractivity contribution in [1.82, 2.24) is 10.3 Å². The molecule has 2 aromatic carbocycles. The van der Waals surface area contributed by atoms with E-state index in [2.05, 4.69) is 10.6 Å². The van der Waals surface area contributed by atoms with Crippen LogP contribution < -0.4 is 10.6 Å². The number of hydrogen-bond donors (Lipinski definition) is 2. The minimum absolute atomic E-state index is 0.0958. The van der Waals surface area contributed by atoms with Crippen molar-refractivity contribution >= 4 is 32.5 Å². The van der Waals surface area contributed by atoms with Gasteiger partial charge in [0.05, 0.1) is 28.7 Å². The average Bonchev–Trinajstić information content (AvgIpc) is 2.71. The van der Waals surface area contributed by atoms with Gasteiger partial charge < -0.3 is 15.4 Å². The van der Waals surface area contributed by atoms with Crippen LogP contribution in [0, 0.1) is 5.82 Å². The standard InChI is InChI=1S/C25H30FN3O4S/c1-16(28-24(30)33-25(2,3)4)22-21(17-9-7-6-8-10-17)23(27-13-14-34(5,31)32)19-15-18(26)11-12-20(19)29-22/h6-12,15-16H,13-14H2,1-5H3,(H,27,29)(H,28,30). The van der Waals surface area contributed by atoms with E-state index in [1.54, 1.807) is 33.8 Å². The Balaban J connectivity index is 2.18. The normalized spacial score (nSPS) is 12.9. The smallest absolute Gasteiger partial charge is 0.408 e. The van der Waals surface area contributed by atoms with Crippen molar-refractivity contribution in [3.8, 4) is 11.1 Å². The zero-order valence-corrected chi connectivity index (χ0v) is 20.8. The number of halogens is 1. The van der Waals surface area contributed by atoms with Crippen molar-refractivity contribution in [1.29, 1.82) is 0 Å². The second-order valence-electron chi connectivity index (χ2n) is 9.20. The number of benzene rings is 2. The van der Waals surface area contributed by atoms with E-state index in [4.69, 9.17) is 9.72 Å². The number of sulfone groups is 1. The number of carbonyl (C=O) groups excluding carboxylic acids is 1. The lowest BCUT2D eigenvalue weighted by atomic mass is 9.95. The van der Waals surface area contributed by atoms with Crippen LogP contribution in [0.25, 0.3) is 22.0 Å². The Morgan fingerprint density at radius 1 is 1.15 bits per heavy atom. The van der Waals surface area contributed by atoms with Gasteiger partial charge in [-0.15, -0.1) is 0 Å². The number of nitrogens with zero attached hydrogens (tertiary/aromatic N) is 1. The summed E-state index contributed by atoms with van der Waals surface area (Å²) >= 11 is 0. The Morgan fingerprint density at radius 3 is 2.44 bits per heavy atom. The van der Waals surface area contributed by atoms with Gasteiger partial charge in [0.2, 0.25) is 0 Å². The van der Waals surface area contributed by atoms with Gasteiger partial charge in [-0.3, -0.25) is 0 Å². The molecule has 1 aromatic heterocycles. The molecule has 0 saturated carbocycles. The van der Waals surface area contributed by atoms with Gasteiger partial charge in [0, 0.05) is 23.8 Å². The third-order valence-electron chi connectivity index (χ3n) is 4.96. The molecule has 0 bridgehead atoms. The number of carbonyl (C=O) groups is 1. The van der Waals surface area contributed by atoms with Crippen LogP contribution in [-0.4, -0.2) is 43.6 Å². The first kappa shape index (κ1) is 25.4. The van der Waals surface area contributed by atoms with Crippen LogP contribution >= 0.6 is 0 Å². The average molecular weight is 488 g/mol. The summed E-state index contributed by atoms with van der Waals surface area (Å²) in [6.45, 7) is 7.24. The van der Waals surface area contributed by atoms with Gasteiger partial charge in [0.15, 0.2) is 0 Å². The van der Waals surface area contributed by atoms with Gasteiger partial charge in [-0.1, -0.05) is 30.3 Å². The highest BCUT2D eigenvalue weighted by Gasteiger charge is 2.24. The highest BCUT2D eigenvalue weighted by molar-refractivity contribution is 7.90. The third-order valence-corrected chi connectivity index (χ3v) is 5.90. The van der Waals surface area contributed by atoms with Crippen molar-refractivity contribution in [2.75, 3.05) is 23.9 Å². The minimum atomic E-state index is -3.22. The molecule has 182 valence electrons. The Labute approximate surface area is 199 Å². The number of anilines is 1. The Kier molecular flexibility index (Phi) is 7.45. The highest BCUT2D eigenvalue weighted by atomic mass is 32.2. The molecule has 1 heterocycles. The quantitative estimate of drug-likeness (QED) is 0.482. The maximum Gasteiger partial charge on any atom is 0.408 e. The highest BCUT2D eigenvalue weighted by Crippen LogP contribution is 2.39. The number of alkyl carbamates (subject to hydrolysis) is 1. The lowest BCUT2D eigenvalue weighted by Crippen LogP contribution is -2.34. The minimum Gasteiger partial charge on any atom is -0.444 e. The number of ether oxygens (including phenoxy) is 1. The molecule has 0 radical (unpaired) electrons. The summed E-state index contributed by atoms with van der Waals surface area (Å²) in [4.78, 5) is 17.2. The zero-order valence-electron chi connectivity index (χ0n) is 20.0. The first-order valence-corrected chi connectivity index (χ1v) is 13.0. The topological polar surface area (TPSA) is 97.4 Å². The van der Waals surface area contributed by atoms with Crippen LogP contribution in [0.3, 0.4) is 0 Å². The van der Waals surface area contributed by atoms with Crippen molar-refractivity contribution in [3.63, 3.8) is 0 Å². The molecule has 1 atom stereocenters. The second kappa shape index (κ2) is 9.97. The van der Waals surface area contributed by atoms with Crippen molar-refractivity contribution < 1.29 is 22.3 Å². The molecule has 3 aromatic rings. The van der Waals surface area contributed by atoms with E-state index in [0.29, 0.717) is 27.8 Å². The van der Waals surface area contributed by atoms with E-state index in [-0.39, 0.29) is 12.3 Å². The fraction of sp³-hybridized carbons (Fsp3) is 0.360. The SMILES string of the molecule is CC(NC(=O)OC(C)(C)C)c1nc2ccc(F)cc2c(NCCS(C)(=O)=O)c1-c1ccccc1. The molecule has 0 aliphatic heterocycles. The van der Waals surface area contributed by atoms with Crippen LogP contribution in [0.15, 0.2) is 48.5 Å². The van der Waals surface area contributed by atoms with E-state index in [1.165, 1.54) is 12.1 Å². The summed E-state index contributed by atoms with van der Waals surface area (Å²) in [7, 11) is -3.22. The van der Waals surface area contributed by atoms with Crippen LogP contribution in [0.5, 0.6) is 0 Å². The molecule has 0 spiro atoms. The molecule has 1 unspecified atom stereocenters. The Hall–Kier alpha value is -3.20. The lowest BCUT2D eigenvalue weighted by Gasteiger charge is -2.25. The van der Waals surface area contributed by atoms with E-state index in [9.17, 15) is 17.6 Å². The molecule has 0 aliphatic rings. The fourth-order valence-electron chi connectivity index (χ4n) is 3.56. The number of fused-ring (bicyclic) bond motifs is 1. The van der Waals surface area contributed by atoms with E-state index >= 15 is 0 Å². The van der Waals surface area contributed by atoms with Gasteiger partial charge in [-0.05, 0) is 51.5 Å². The van der Waals surface area contributed by atoms with Gasteiger partial charge in [0.1, 0.15) is 21.3 Å². The summed E-state index contributed by atoms with van der Waals surface area (Å²) in [5, 5.41) is 6.54. The lowest BCUT2D eigenvalue weighted by molar-refractivity contribution is 0.0507. The largest absolute Gasteiger partial charge is 0.444 e. The number of hydrogen-bond acceptors (Lipinski definition) is 6. The molecule has 3 rings (SSSR count). The number of nitrogens with one attached hydrogen (secondary N) is 2. The summed E-state index contributed by atoms with van der Waals surface area (Å²) in [6, 6.07) is 13.0. The van der Waals surface area contributed by atoms with Gasteiger partial charge in [0.25, 0.3) is 0 Å². The number of amides is 1. The van der Waals surface area contributed by atoms with Crippen LogP contribution in [0.2, 0.25) is 0 Å². The monoisotopic (exact) mass is 487 g/mol. The number of rotatable bonds is 7. The van der Waals surface area contributed by atoms with Crippen molar-refractivity contribution in [3.05, 3.63) is 60.0 Å². The Bertz CT molecular complexity index is 1290. The maximum atomic E-state index is 14.2. The first-order valence-electron chi connectivity index (χ1n) is 10.9.